The number of carboxylic acids is 1. The van der Waals surface area contributed by atoms with Crippen molar-refractivity contribution in [3.05, 3.63) is 63.8 Å². The third-order valence-electron chi connectivity index (χ3n) is 5.23. The van der Waals surface area contributed by atoms with E-state index in [0.717, 1.165) is 0 Å². The van der Waals surface area contributed by atoms with E-state index in [9.17, 15) is 19.5 Å². The molecule has 156 valence electrons. The van der Waals surface area contributed by atoms with E-state index in [2.05, 4.69) is 4.98 Å². The second kappa shape index (κ2) is 8.50. The summed E-state index contributed by atoms with van der Waals surface area (Å²) in [6.07, 6.45) is 0.0586. The molecule has 2 aromatic carbocycles. The number of rotatable bonds is 7. The molecule has 8 heteroatoms. The summed E-state index contributed by atoms with van der Waals surface area (Å²) < 4.78 is 5.57. The third-order valence-corrected chi connectivity index (χ3v) is 5.75. The Morgan fingerprint density at radius 1 is 1.07 bits per heavy atom. The number of ether oxygens (including phenoxy) is 1. The Morgan fingerprint density at radius 2 is 1.70 bits per heavy atom. The molecule has 0 bridgehead atoms. The number of halogens is 2. The van der Waals surface area contributed by atoms with Crippen LogP contribution in [0, 0.1) is 5.41 Å². The molecule has 0 fully saturated rings. The highest BCUT2D eigenvalue weighted by molar-refractivity contribution is 6.39. The zero-order valence-electron chi connectivity index (χ0n) is 16.3. The number of hydrogen-bond acceptors (Lipinski definition) is 4. The number of hydrogen-bond donors (Lipinski definition) is 2. The molecule has 0 aliphatic rings. The van der Waals surface area contributed by atoms with Crippen LogP contribution in [0.15, 0.2) is 42.5 Å². The topological polar surface area (TPSA) is 96.5 Å². The van der Waals surface area contributed by atoms with Gasteiger partial charge in [-0.05, 0) is 25.0 Å². The van der Waals surface area contributed by atoms with Crippen molar-refractivity contribution in [2.75, 3.05) is 0 Å². The van der Waals surface area contributed by atoms with E-state index in [0.29, 0.717) is 16.1 Å². The smallest absolute Gasteiger partial charge is 0.328 e. The molecule has 0 saturated heterocycles. The Morgan fingerprint density at radius 3 is 2.27 bits per heavy atom. The number of carbonyl (C=O) groups is 3. The summed E-state index contributed by atoms with van der Waals surface area (Å²) >= 11 is 12.4. The normalized spacial score (nSPS) is 11.5. The fourth-order valence-corrected chi connectivity index (χ4v) is 3.91. The maximum atomic E-state index is 13.1. The number of esters is 1. The number of carbonyl (C=O) groups excluding carboxylic acids is 2. The molecule has 0 amide bonds. The van der Waals surface area contributed by atoms with Gasteiger partial charge in [0.2, 0.25) is 5.78 Å². The van der Waals surface area contributed by atoms with E-state index < -0.39 is 23.1 Å². The van der Waals surface area contributed by atoms with Crippen molar-refractivity contribution in [3.8, 4) is 5.75 Å². The van der Waals surface area contributed by atoms with Crippen molar-refractivity contribution >= 4 is 51.8 Å². The molecule has 30 heavy (non-hydrogen) atoms. The molecule has 0 spiro atoms. The molecule has 2 N–H and O–H groups in total. The molecule has 1 heterocycles. The molecule has 6 nitrogen and oxygen atoms in total. The first kappa shape index (κ1) is 21.9. The Balaban J connectivity index is 2.20. The minimum Gasteiger partial charge on any atom is -0.480 e. The van der Waals surface area contributed by atoms with E-state index in [1.165, 1.54) is 6.07 Å². The molecular formula is C22H19Cl2NO5. The van der Waals surface area contributed by atoms with Gasteiger partial charge in [-0.25, -0.2) is 0 Å². The Bertz CT molecular complexity index is 1130. The van der Waals surface area contributed by atoms with Gasteiger partial charge in [-0.1, -0.05) is 67.4 Å². The van der Waals surface area contributed by atoms with Gasteiger partial charge in [-0.15, -0.1) is 0 Å². The molecule has 0 aliphatic carbocycles. The van der Waals surface area contributed by atoms with Crippen molar-refractivity contribution in [1.29, 1.82) is 0 Å². The summed E-state index contributed by atoms with van der Waals surface area (Å²) in [6, 6.07) is 11.4. The van der Waals surface area contributed by atoms with Crippen molar-refractivity contribution in [2.45, 2.75) is 26.7 Å². The highest BCUT2D eigenvalue weighted by atomic mass is 35.5. The van der Waals surface area contributed by atoms with Crippen LogP contribution in [0.2, 0.25) is 10.0 Å². The quantitative estimate of drug-likeness (QED) is 0.283. The highest BCUT2D eigenvalue weighted by Gasteiger charge is 2.45. The Hall–Kier alpha value is -2.83. The van der Waals surface area contributed by atoms with Crippen LogP contribution in [-0.2, 0) is 9.59 Å². The van der Waals surface area contributed by atoms with E-state index >= 15 is 0 Å². The van der Waals surface area contributed by atoms with Gasteiger partial charge in [0.05, 0.1) is 15.9 Å². The van der Waals surface area contributed by atoms with Crippen molar-refractivity contribution < 1.29 is 24.2 Å². The molecule has 3 aromatic rings. The lowest BCUT2D eigenvalue weighted by Gasteiger charge is -2.24. The lowest BCUT2D eigenvalue weighted by molar-refractivity contribution is -0.163. The zero-order chi connectivity index (χ0) is 22.1. The van der Waals surface area contributed by atoms with Gasteiger partial charge in [-0.2, -0.15) is 0 Å². The average Bonchev–Trinajstić information content (AvgIpc) is 3.07. The van der Waals surface area contributed by atoms with Gasteiger partial charge >= 0.3 is 11.9 Å². The second-order valence-corrected chi connectivity index (χ2v) is 7.66. The first-order valence-corrected chi connectivity index (χ1v) is 10.1. The molecule has 1 aromatic heterocycles. The van der Waals surface area contributed by atoms with E-state index in [-0.39, 0.29) is 34.7 Å². The number of aromatic amines is 1. The number of ketones is 1. The summed E-state index contributed by atoms with van der Waals surface area (Å²) in [5, 5.41) is 10.4. The number of carboxylic acid groups (broad SMARTS) is 1. The number of H-pyrrole nitrogens is 1. The number of benzene rings is 2. The van der Waals surface area contributed by atoms with E-state index in [1.807, 2.05) is 0 Å². The Labute approximate surface area is 182 Å². The predicted octanol–water partition coefficient (Wildman–Crippen LogP) is 5.50. The largest absolute Gasteiger partial charge is 0.480 e. The van der Waals surface area contributed by atoms with Gasteiger partial charge in [0, 0.05) is 10.6 Å². The predicted molar refractivity (Wildman–Crippen MR) is 114 cm³/mol. The second-order valence-electron chi connectivity index (χ2n) is 6.82. The minimum atomic E-state index is -1.74. The highest BCUT2D eigenvalue weighted by Crippen LogP contribution is 2.40. The van der Waals surface area contributed by atoms with Crippen LogP contribution < -0.4 is 4.74 Å². The first-order chi connectivity index (χ1) is 14.2. The summed E-state index contributed by atoms with van der Waals surface area (Å²) in [5.41, 5.74) is -1.00. The van der Waals surface area contributed by atoms with Gasteiger partial charge in [0.25, 0.3) is 0 Å². The molecular weight excluding hydrogens is 429 g/mol. The summed E-state index contributed by atoms with van der Waals surface area (Å²) in [7, 11) is 0. The lowest BCUT2D eigenvalue weighted by atomic mass is 9.82. The fourth-order valence-electron chi connectivity index (χ4n) is 3.33. The van der Waals surface area contributed by atoms with Crippen molar-refractivity contribution in [1.82, 2.24) is 4.98 Å². The van der Waals surface area contributed by atoms with E-state index in [1.54, 1.807) is 50.2 Å². The molecule has 0 radical (unpaired) electrons. The van der Waals surface area contributed by atoms with Crippen molar-refractivity contribution in [2.24, 2.45) is 5.41 Å². The monoisotopic (exact) mass is 447 g/mol. The van der Waals surface area contributed by atoms with Crippen LogP contribution in [0.4, 0.5) is 0 Å². The maximum absolute atomic E-state index is 13.1. The van der Waals surface area contributed by atoms with Gasteiger partial charge in [0.15, 0.2) is 11.2 Å². The fraction of sp³-hybridized carbons (Fsp3) is 0.227. The van der Waals surface area contributed by atoms with Crippen molar-refractivity contribution in [3.63, 3.8) is 0 Å². The van der Waals surface area contributed by atoms with E-state index in [4.69, 9.17) is 27.9 Å². The maximum Gasteiger partial charge on any atom is 0.328 e. The van der Waals surface area contributed by atoms with Crippen LogP contribution in [0.1, 0.15) is 42.7 Å². The SMILES string of the molecule is CCC(CC)(C(=O)O)C(=O)Oc1c(C(=O)c2ccccc2)[nH]c2cc(Cl)cc(Cl)c12. The van der Waals surface area contributed by atoms with Crippen LogP contribution >= 0.6 is 23.2 Å². The molecule has 0 saturated carbocycles. The van der Waals surface area contributed by atoms with Crippen LogP contribution in [0.3, 0.4) is 0 Å². The van der Waals surface area contributed by atoms with Gasteiger partial charge in [0.1, 0.15) is 5.69 Å². The van der Waals surface area contributed by atoms with Crippen LogP contribution in [0.25, 0.3) is 10.9 Å². The zero-order valence-corrected chi connectivity index (χ0v) is 17.8. The lowest BCUT2D eigenvalue weighted by Crippen LogP contribution is -2.41. The molecule has 0 aliphatic heterocycles. The summed E-state index contributed by atoms with van der Waals surface area (Å²) in [6.45, 7) is 3.19. The minimum absolute atomic E-state index is 0.0137. The molecule has 0 atom stereocenters. The Kier molecular flexibility index (Phi) is 6.19. The average molecular weight is 448 g/mol. The van der Waals surface area contributed by atoms with Crippen LogP contribution in [0.5, 0.6) is 5.75 Å². The number of aliphatic carboxylic acids is 1. The van der Waals surface area contributed by atoms with Crippen LogP contribution in [-0.4, -0.2) is 27.8 Å². The standard InChI is InChI=1S/C22H19Cl2NO5/c1-3-22(4-2,20(27)28)21(29)30-19-16-14(24)10-13(23)11-15(16)25-17(19)18(26)12-8-6-5-7-9-12/h5-11,25H,3-4H2,1-2H3,(H,27,28). The summed E-state index contributed by atoms with van der Waals surface area (Å²) in [5.74, 6) is -2.80. The first-order valence-electron chi connectivity index (χ1n) is 9.31. The third kappa shape index (κ3) is 3.68. The van der Waals surface area contributed by atoms with Gasteiger partial charge in [-0.3, -0.25) is 14.4 Å². The summed E-state index contributed by atoms with van der Waals surface area (Å²) in [4.78, 5) is 40.9. The number of nitrogens with one attached hydrogen (secondary N) is 1. The number of fused-ring (bicyclic) bond motifs is 1. The molecule has 0 unspecified atom stereocenters. The molecule has 3 rings (SSSR count). The van der Waals surface area contributed by atoms with Gasteiger partial charge < -0.3 is 14.8 Å². The number of aromatic nitrogens is 1.